The van der Waals surface area contributed by atoms with Crippen molar-refractivity contribution in [2.24, 2.45) is 17.8 Å². The summed E-state index contributed by atoms with van der Waals surface area (Å²) < 4.78 is 0. The number of nitrogens with zero attached hydrogens (tertiary/aromatic N) is 1. The summed E-state index contributed by atoms with van der Waals surface area (Å²) in [5.74, 6) is 3.35. The predicted octanol–water partition coefficient (Wildman–Crippen LogP) is 1.34. The van der Waals surface area contributed by atoms with E-state index in [1.54, 1.807) is 0 Å². The van der Waals surface area contributed by atoms with E-state index < -0.39 is 0 Å². The van der Waals surface area contributed by atoms with Gasteiger partial charge in [0.2, 0.25) is 0 Å². The Hall–Kier alpha value is -0.0400. The fourth-order valence-electron chi connectivity index (χ4n) is 3.60. The van der Waals surface area contributed by atoms with Crippen molar-refractivity contribution in [2.45, 2.75) is 31.8 Å². The molecular formula is C9H15N. The molecule has 2 saturated carbocycles. The van der Waals surface area contributed by atoms with Crippen molar-refractivity contribution < 1.29 is 0 Å². The molecule has 1 heteroatoms. The van der Waals surface area contributed by atoms with Gasteiger partial charge in [-0.15, -0.1) is 0 Å². The van der Waals surface area contributed by atoms with Crippen molar-refractivity contribution in [1.29, 1.82) is 0 Å². The zero-order valence-corrected chi connectivity index (χ0v) is 6.75. The monoisotopic (exact) mass is 137 g/mol. The van der Waals surface area contributed by atoms with E-state index in [0.29, 0.717) is 0 Å². The maximum Gasteiger partial charge on any atom is 0.0161 e. The molecule has 0 bridgehead atoms. The minimum Gasteiger partial charge on any atom is -0.300 e. The predicted molar refractivity (Wildman–Crippen MR) is 40.7 cm³/mol. The Morgan fingerprint density at radius 1 is 1.20 bits per heavy atom. The molecule has 0 N–H and O–H groups in total. The van der Waals surface area contributed by atoms with Gasteiger partial charge in [0.15, 0.2) is 0 Å². The maximum atomic E-state index is 2.62. The van der Waals surface area contributed by atoms with Crippen molar-refractivity contribution in [3.8, 4) is 0 Å². The Labute approximate surface area is 62.4 Å². The van der Waals surface area contributed by atoms with E-state index >= 15 is 0 Å². The Morgan fingerprint density at radius 3 is 2.50 bits per heavy atom. The number of likely N-dealkylation sites (tertiary alicyclic amines) is 1. The molecule has 0 aromatic heterocycles. The molecule has 3 rings (SSSR count). The van der Waals surface area contributed by atoms with E-state index in [9.17, 15) is 0 Å². The molecule has 0 radical (unpaired) electrons. The third kappa shape index (κ3) is 0.402. The molecule has 1 nitrogen and oxygen atoms in total. The second kappa shape index (κ2) is 1.42. The van der Waals surface area contributed by atoms with Crippen LogP contribution >= 0.6 is 0 Å². The van der Waals surface area contributed by atoms with E-state index in [-0.39, 0.29) is 0 Å². The van der Waals surface area contributed by atoms with Crippen LogP contribution in [0.3, 0.4) is 0 Å². The molecule has 2 aliphatic carbocycles. The van der Waals surface area contributed by atoms with Crippen molar-refractivity contribution >= 4 is 0 Å². The highest BCUT2D eigenvalue weighted by Crippen LogP contribution is 2.64. The molecule has 0 aromatic rings. The SMILES string of the molecule is CC1C2CCC3C2C3N1C. The lowest BCUT2D eigenvalue weighted by molar-refractivity contribution is 0.246. The van der Waals surface area contributed by atoms with Crippen LogP contribution in [0.2, 0.25) is 0 Å². The number of piperidine rings is 1. The van der Waals surface area contributed by atoms with Crippen LogP contribution in [-0.2, 0) is 0 Å². The summed E-state index contributed by atoms with van der Waals surface area (Å²) in [5, 5.41) is 0. The summed E-state index contributed by atoms with van der Waals surface area (Å²) in [6.45, 7) is 2.40. The first-order valence-corrected chi connectivity index (χ1v) is 4.52. The van der Waals surface area contributed by atoms with Crippen LogP contribution in [0.1, 0.15) is 19.8 Å². The van der Waals surface area contributed by atoms with Crippen LogP contribution in [0, 0.1) is 17.8 Å². The first-order chi connectivity index (χ1) is 4.80. The van der Waals surface area contributed by atoms with Gasteiger partial charge < -0.3 is 0 Å². The van der Waals surface area contributed by atoms with Gasteiger partial charge in [0.05, 0.1) is 0 Å². The molecular weight excluding hydrogens is 122 g/mol. The third-order valence-electron chi connectivity index (χ3n) is 4.25. The average molecular weight is 137 g/mol. The molecule has 56 valence electrons. The standard InChI is InChI=1S/C9H15N/c1-5-6-3-4-7-8(6)9(7)10(5)2/h5-9H,3-4H2,1-2H3. The van der Waals surface area contributed by atoms with E-state index in [1.165, 1.54) is 12.8 Å². The molecule has 0 aromatic carbocycles. The Balaban J connectivity index is 1.97. The Kier molecular flexibility index (Phi) is 0.797. The molecule has 1 saturated heterocycles. The lowest BCUT2D eigenvalue weighted by Gasteiger charge is -2.21. The van der Waals surface area contributed by atoms with E-state index in [2.05, 4.69) is 18.9 Å². The Bertz CT molecular complexity index is 160. The summed E-state index contributed by atoms with van der Waals surface area (Å²) in [6, 6.07) is 1.92. The van der Waals surface area contributed by atoms with Crippen molar-refractivity contribution in [2.75, 3.05) is 7.05 Å². The van der Waals surface area contributed by atoms with Gasteiger partial charge in [-0.25, -0.2) is 0 Å². The number of rotatable bonds is 0. The fraction of sp³-hybridized carbons (Fsp3) is 1.00. The first kappa shape index (κ1) is 5.59. The number of hydrogen-bond acceptors (Lipinski definition) is 1. The van der Waals surface area contributed by atoms with Gasteiger partial charge in [0.25, 0.3) is 0 Å². The van der Waals surface area contributed by atoms with Crippen LogP contribution in [0.15, 0.2) is 0 Å². The van der Waals surface area contributed by atoms with Gasteiger partial charge in [-0.1, -0.05) is 0 Å². The highest BCUT2D eigenvalue weighted by atomic mass is 15.3. The van der Waals surface area contributed by atoms with Crippen LogP contribution in [0.25, 0.3) is 0 Å². The normalized spacial score (nSPS) is 64.8. The van der Waals surface area contributed by atoms with Gasteiger partial charge >= 0.3 is 0 Å². The largest absolute Gasteiger partial charge is 0.300 e. The van der Waals surface area contributed by atoms with Crippen molar-refractivity contribution in [1.82, 2.24) is 4.90 Å². The van der Waals surface area contributed by atoms with Crippen LogP contribution < -0.4 is 0 Å². The van der Waals surface area contributed by atoms with Crippen molar-refractivity contribution in [3.05, 3.63) is 0 Å². The van der Waals surface area contributed by atoms with Gasteiger partial charge in [-0.2, -0.15) is 0 Å². The molecule has 3 fully saturated rings. The van der Waals surface area contributed by atoms with Gasteiger partial charge in [-0.05, 0) is 44.6 Å². The minimum absolute atomic E-state index is 0.897. The van der Waals surface area contributed by atoms with Crippen molar-refractivity contribution in [3.63, 3.8) is 0 Å². The molecule has 1 heterocycles. The number of fused-ring (bicyclic) bond motifs is 1. The van der Waals surface area contributed by atoms with Gasteiger partial charge in [-0.3, -0.25) is 4.90 Å². The fourth-order valence-corrected chi connectivity index (χ4v) is 3.60. The highest BCUT2D eigenvalue weighted by Gasteiger charge is 2.66. The minimum atomic E-state index is 0.897. The second-order valence-corrected chi connectivity index (χ2v) is 4.38. The summed E-state index contributed by atoms with van der Waals surface area (Å²) in [4.78, 5) is 2.62. The number of hydrogen-bond donors (Lipinski definition) is 0. The summed E-state index contributed by atoms with van der Waals surface area (Å²) >= 11 is 0. The first-order valence-electron chi connectivity index (χ1n) is 4.52. The topological polar surface area (TPSA) is 3.24 Å². The van der Waals surface area contributed by atoms with Crippen LogP contribution in [-0.4, -0.2) is 24.0 Å². The second-order valence-electron chi connectivity index (χ2n) is 4.38. The maximum absolute atomic E-state index is 2.62. The molecule has 10 heavy (non-hydrogen) atoms. The van der Waals surface area contributed by atoms with Crippen LogP contribution in [0.4, 0.5) is 0 Å². The molecule has 5 atom stereocenters. The Morgan fingerprint density at radius 2 is 1.90 bits per heavy atom. The zero-order chi connectivity index (χ0) is 6.88. The highest BCUT2D eigenvalue weighted by molar-refractivity contribution is 5.18. The molecule has 3 aliphatic rings. The quantitative estimate of drug-likeness (QED) is 0.487. The van der Waals surface area contributed by atoms with Crippen LogP contribution in [0.5, 0.6) is 0 Å². The average Bonchev–Trinajstić information content (AvgIpc) is 2.43. The lowest BCUT2D eigenvalue weighted by atomic mass is 9.99. The molecule has 1 aliphatic heterocycles. The lowest BCUT2D eigenvalue weighted by Crippen LogP contribution is -2.29. The van der Waals surface area contributed by atoms with E-state index in [0.717, 1.165) is 29.8 Å². The van der Waals surface area contributed by atoms with E-state index in [1.807, 2.05) is 0 Å². The third-order valence-corrected chi connectivity index (χ3v) is 4.25. The smallest absolute Gasteiger partial charge is 0.0161 e. The summed E-state index contributed by atoms with van der Waals surface area (Å²) in [6.07, 6.45) is 3.06. The molecule has 0 spiro atoms. The van der Waals surface area contributed by atoms with E-state index in [4.69, 9.17) is 0 Å². The molecule has 5 unspecified atom stereocenters. The zero-order valence-electron chi connectivity index (χ0n) is 6.75. The summed E-state index contributed by atoms with van der Waals surface area (Å²) in [7, 11) is 2.31. The van der Waals surface area contributed by atoms with Gasteiger partial charge in [0.1, 0.15) is 0 Å². The van der Waals surface area contributed by atoms with Gasteiger partial charge in [0, 0.05) is 12.1 Å². The summed E-state index contributed by atoms with van der Waals surface area (Å²) in [5.41, 5.74) is 0. The molecule has 0 amide bonds.